The van der Waals surface area contributed by atoms with Gasteiger partial charge in [0.15, 0.2) is 11.5 Å². The summed E-state index contributed by atoms with van der Waals surface area (Å²) in [4.78, 5) is 29.1. The Labute approximate surface area is 188 Å². The monoisotopic (exact) mass is 455 g/mol. The molecule has 0 bridgehead atoms. The molecule has 2 heterocycles. The minimum atomic E-state index is -0.745. The summed E-state index contributed by atoms with van der Waals surface area (Å²) in [7, 11) is 4.30. The Morgan fingerprint density at radius 1 is 1.09 bits per heavy atom. The number of thioether (sulfide) groups is 1. The van der Waals surface area contributed by atoms with E-state index in [2.05, 4.69) is 24.9 Å². The highest BCUT2D eigenvalue weighted by molar-refractivity contribution is 8.15. The van der Waals surface area contributed by atoms with Crippen LogP contribution in [0.15, 0.2) is 51.0 Å². The Morgan fingerprint density at radius 2 is 1.81 bits per heavy atom. The van der Waals surface area contributed by atoms with Gasteiger partial charge >= 0.3 is 6.09 Å². The Hall–Kier alpha value is -3.73. The normalized spacial score (nSPS) is 11.9. The molecular formula is C21H21N5O5S. The van der Waals surface area contributed by atoms with Crippen molar-refractivity contribution in [1.29, 1.82) is 0 Å². The van der Waals surface area contributed by atoms with Gasteiger partial charge in [-0.15, -0.1) is 11.8 Å². The summed E-state index contributed by atoms with van der Waals surface area (Å²) >= 11 is 1.24. The van der Waals surface area contributed by atoms with Gasteiger partial charge in [0.1, 0.15) is 10.8 Å². The highest BCUT2D eigenvalue weighted by Crippen LogP contribution is 2.28. The Morgan fingerprint density at radius 3 is 2.38 bits per heavy atom. The molecule has 0 atom stereocenters. The lowest BCUT2D eigenvalue weighted by molar-refractivity contribution is 0.183. The van der Waals surface area contributed by atoms with Gasteiger partial charge in [0.2, 0.25) is 11.7 Å². The molecule has 11 heteroatoms. The van der Waals surface area contributed by atoms with Gasteiger partial charge in [0.05, 0.1) is 38.9 Å². The van der Waals surface area contributed by atoms with Gasteiger partial charge in [-0.1, -0.05) is 5.16 Å². The van der Waals surface area contributed by atoms with Crippen molar-refractivity contribution in [2.24, 2.45) is 9.98 Å². The van der Waals surface area contributed by atoms with E-state index in [0.29, 0.717) is 45.4 Å². The fourth-order valence-corrected chi connectivity index (χ4v) is 3.15. The average Bonchev–Trinajstić information content (AvgIpc) is 3.27. The molecule has 166 valence electrons. The molecule has 0 aliphatic rings. The molecule has 0 N–H and O–H groups in total. The summed E-state index contributed by atoms with van der Waals surface area (Å²) in [6.45, 7) is 1.72. The zero-order valence-corrected chi connectivity index (χ0v) is 19.0. The van der Waals surface area contributed by atoms with Crippen molar-refractivity contribution in [2.75, 3.05) is 27.6 Å². The van der Waals surface area contributed by atoms with Crippen molar-refractivity contribution in [3.8, 4) is 22.9 Å². The first-order valence-corrected chi connectivity index (χ1v) is 10.5. The maximum Gasteiger partial charge on any atom is 0.434 e. The number of aromatic nitrogens is 3. The van der Waals surface area contributed by atoms with Crippen molar-refractivity contribution in [2.45, 2.75) is 6.92 Å². The number of rotatable bonds is 6. The van der Waals surface area contributed by atoms with E-state index in [1.807, 2.05) is 12.1 Å². The number of hydrogen-bond acceptors (Lipinski definition) is 10. The van der Waals surface area contributed by atoms with Crippen LogP contribution in [-0.2, 0) is 4.74 Å². The number of aryl methyl sites for hydroxylation is 1. The van der Waals surface area contributed by atoms with E-state index in [1.54, 1.807) is 31.4 Å². The zero-order valence-electron chi connectivity index (χ0n) is 18.1. The summed E-state index contributed by atoms with van der Waals surface area (Å²) in [5.41, 5.74) is 2.19. The number of methoxy groups -OCH3 is 3. The van der Waals surface area contributed by atoms with Crippen LogP contribution < -0.4 is 9.47 Å². The molecular weight excluding hydrogens is 434 g/mol. The molecule has 0 spiro atoms. The third-order valence-corrected chi connectivity index (χ3v) is 4.84. The smallest absolute Gasteiger partial charge is 0.434 e. The molecule has 10 nitrogen and oxygen atoms in total. The molecule has 3 aromatic rings. The standard InChI is InChI=1S/C21H21N5O5S/c1-12-23-19(26-31-12)13-6-8-14(9-7-13)24-18(20(32-5)25-21(27)30-4)15-10-16(28-2)17(29-3)11-22-15/h6-11H,1-5H3. The van der Waals surface area contributed by atoms with Crippen LogP contribution in [0.2, 0.25) is 0 Å². The third kappa shape index (κ3) is 5.30. The van der Waals surface area contributed by atoms with E-state index in [0.717, 1.165) is 5.56 Å². The Balaban J connectivity index is 2.08. The molecule has 3 rings (SSSR count). The van der Waals surface area contributed by atoms with Gasteiger partial charge in [-0.25, -0.2) is 9.79 Å². The molecule has 0 radical (unpaired) electrons. The van der Waals surface area contributed by atoms with E-state index >= 15 is 0 Å². The second kappa shape index (κ2) is 10.5. The van der Waals surface area contributed by atoms with Crippen LogP contribution in [-0.4, -0.2) is 59.6 Å². The minimum Gasteiger partial charge on any atom is -0.493 e. The van der Waals surface area contributed by atoms with Crippen molar-refractivity contribution < 1.29 is 23.5 Å². The van der Waals surface area contributed by atoms with Gasteiger partial charge in [0, 0.05) is 18.6 Å². The first-order chi connectivity index (χ1) is 15.5. The second-order valence-corrected chi connectivity index (χ2v) is 6.95. The van der Waals surface area contributed by atoms with Gasteiger partial charge in [-0.3, -0.25) is 4.98 Å². The molecule has 1 aromatic carbocycles. The number of pyridine rings is 1. The van der Waals surface area contributed by atoms with E-state index in [-0.39, 0.29) is 0 Å². The average molecular weight is 455 g/mol. The number of aliphatic imine (C=N–C) groups is 2. The molecule has 0 saturated carbocycles. The van der Waals surface area contributed by atoms with Crippen molar-refractivity contribution in [1.82, 2.24) is 15.1 Å². The number of nitrogens with zero attached hydrogens (tertiary/aromatic N) is 5. The zero-order chi connectivity index (χ0) is 23.1. The number of benzene rings is 1. The number of amides is 1. The molecule has 2 aromatic heterocycles. The lowest BCUT2D eigenvalue weighted by atomic mass is 10.2. The summed E-state index contributed by atoms with van der Waals surface area (Å²) in [5.74, 6) is 1.89. The highest BCUT2D eigenvalue weighted by atomic mass is 32.2. The van der Waals surface area contributed by atoms with Crippen molar-refractivity contribution in [3.63, 3.8) is 0 Å². The van der Waals surface area contributed by atoms with Crippen LogP contribution in [0, 0.1) is 6.92 Å². The summed E-state index contributed by atoms with van der Waals surface area (Å²) < 4.78 is 20.3. The van der Waals surface area contributed by atoms with Crippen LogP contribution >= 0.6 is 11.8 Å². The fraction of sp³-hybridized carbons (Fsp3) is 0.238. The second-order valence-electron chi connectivity index (χ2n) is 6.16. The van der Waals surface area contributed by atoms with E-state index in [4.69, 9.17) is 19.0 Å². The SMILES string of the molecule is COC(=O)N=C(SC)C(=Nc1ccc(-c2noc(C)n2)cc1)c1cc(OC)c(OC)cn1. The predicted octanol–water partition coefficient (Wildman–Crippen LogP) is 4.11. The van der Waals surface area contributed by atoms with Gasteiger partial charge in [-0.05, 0) is 30.5 Å². The number of ether oxygens (including phenoxy) is 3. The summed E-state index contributed by atoms with van der Waals surface area (Å²) in [6.07, 6.45) is 2.55. The quantitative estimate of drug-likeness (QED) is 0.399. The maximum absolute atomic E-state index is 11.8. The first-order valence-electron chi connectivity index (χ1n) is 9.27. The molecule has 1 amide bonds. The summed E-state index contributed by atoms with van der Waals surface area (Å²) in [6, 6.07) is 8.88. The minimum absolute atomic E-state index is 0.328. The lowest BCUT2D eigenvalue weighted by Crippen LogP contribution is -2.16. The fourth-order valence-electron chi connectivity index (χ4n) is 2.64. The molecule has 0 aliphatic carbocycles. The molecule has 0 saturated heterocycles. The van der Waals surface area contributed by atoms with Crippen LogP contribution in [0.3, 0.4) is 0 Å². The number of carbonyl (C=O) groups excluding carboxylic acids is 1. The molecule has 0 unspecified atom stereocenters. The topological polar surface area (TPSA) is 121 Å². The first kappa shape index (κ1) is 22.9. The van der Waals surface area contributed by atoms with Gasteiger partial charge in [0.25, 0.3) is 0 Å². The maximum atomic E-state index is 11.8. The van der Waals surface area contributed by atoms with E-state index < -0.39 is 6.09 Å². The van der Waals surface area contributed by atoms with Gasteiger partial charge in [-0.2, -0.15) is 9.98 Å². The van der Waals surface area contributed by atoms with E-state index in [9.17, 15) is 4.79 Å². The van der Waals surface area contributed by atoms with Crippen LogP contribution in [0.5, 0.6) is 11.5 Å². The van der Waals surface area contributed by atoms with Crippen molar-refractivity contribution in [3.05, 3.63) is 48.1 Å². The third-order valence-electron chi connectivity index (χ3n) is 4.17. The van der Waals surface area contributed by atoms with Crippen LogP contribution in [0.25, 0.3) is 11.4 Å². The Kier molecular flexibility index (Phi) is 7.55. The van der Waals surface area contributed by atoms with Gasteiger partial charge < -0.3 is 18.7 Å². The summed E-state index contributed by atoms with van der Waals surface area (Å²) in [5, 5.41) is 4.24. The van der Waals surface area contributed by atoms with Crippen LogP contribution in [0.1, 0.15) is 11.6 Å². The largest absolute Gasteiger partial charge is 0.493 e. The number of hydrogen-bond donors (Lipinski definition) is 0. The molecule has 0 aliphatic heterocycles. The lowest BCUT2D eigenvalue weighted by Gasteiger charge is -2.11. The molecule has 0 fully saturated rings. The van der Waals surface area contributed by atoms with E-state index in [1.165, 1.54) is 39.3 Å². The molecule has 32 heavy (non-hydrogen) atoms. The van der Waals surface area contributed by atoms with Crippen LogP contribution in [0.4, 0.5) is 10.5 Å². The predicted molar refractivity (Wildman–Crippen MR) is 121 cm³/mol. The highest BCUT2D eigenvalue weighted by Gasteiger charge is 2.18. The van der Waals surface area contributed by atoms with Crippen molar-refractivity contribution >= 4 is 34.3 Å². The number of carbonyl (C=O) groups is 1. The Bertz CT molecular complexity index is 1160.